The molecule has 12 heavy (non-hydrogen) atoms. The van der Waals surface area contributed by atoms with Gasteiger partial charge in [0.05, 0.1) is 0 Å². The first kappa shape index (κ1) is 11.2. The van der Waals surface area contributed by atoms with Gasteiger partial charge in [0.1, 0.15) is 0 Å². The van der Waals surface area contributed by atoms with Gasteiger partial charge in [-0.3, -0.25) is 0 Å². The fourth-order valence-corrected chi connectivity index (χ4v) is 0.917. The summed E-state index contributed by atoms with van der Waals surface area (Å²) in [6, 6.07) is -0.0197. The van der Waals surface area contributed by atoms with Crippen molar-refractivity contribution in [1.82, 2.24) is 15.1 Å². The molecular formula is C8H19N3O. The van der Waals surface area contributed by atoms with Crippen molar-refractivity contribution in [2.45, 2.75) is 6.42 Å². The molecule has 0 radical (unpaired) electrons. The zero-order valence-electron chi connectivity index (χ0n) is 8.42. The molecule has 0 saturated heterocycles. The molecule has 0 bridgehead atoms. The Hall–Kier alpha value is -0.770. The summed E-state index contributed by atoms with van der Waals surface area (Å²) in [6.07, 6.45) is 1.01. The predicted octanol–water partition coefficient (Wildman–Crippen LogP) is 0.209. The second kappa shape index (κ2) is 5.83. The van der Waals surface area contributed by atoms with E-state index >= 15 is 0 Å². The third kappa shape index (κ3) is 4.96. The van der Waals surface area contributed by atoms with E-state index in [2.05, 4.69) is 10.2 Å². The quantitative estimate of drug-likeness (QED) is 0.659. The van der Waals surface area contributed by atoms with Crippen LogP contribution in [0.15, 0.2) is 0 Å². The van der Waals surface area contributed by atoms with Crippen LogP contribution in [0.3, 0.4) is 0 Å². The van der Waals surface area contributed by atoms with E-state index in [1.807, 2.05) is 14.1 Å². The van der Waals surface area contributed by atoms with Gasteiger partial charge in [-0.15, -0.1) is 0 Å². The third-order valence-electron chi connectivity index (χ3n) is 1.66. The van der Waals surface area contributed by atoms with Crippen LogP contribution in [-0.2, 0) is 0 Å². The van der Waals surface area contributed by atoms with Gasteiger partial charge in [-0.1, -0.05) is 0 Å². The highest BCUT2D eigenvalue weighted by Crippen LogP contribution is 1.89. The number of carbonyl (C=O) groups is 1. The lowest BCUT2D eigenvalue weighted by Gasteiger charge is -2.17. The molecule has 0 aromatic carbocycles. The van der Waals surface area contributed by atoms with Crippen LogP contribution in [0, 0.1) is 0 Å². The lowest BCUT2D eigenvalue weighted by atomic mass is 10.4. The van der Waals surface area contributed by atoms with E-state index < -0.39 is 0 Å². The van der Waals surface area contributed by atoms with Gasteiger partial charge < -0.3 is 15.1 Å². The van der Waals surface area contributed by atoms with E-state index in [9.17, 15) is 4.79 Å². The Morgan fingerprint density at radius 3 is 2.25 bits per heavy atom. The first-order chi connectivity index (χ1) is 5.57. The van der Waals surface area contributed by atoms with E-state index in [4.69, 9.17) is 0 Å². The first-order valence-corrected chi connectivity index (χ1v) is 4.15. The molecule has 0 heterocycles. The molecule has 4 heteroatoms. The molecule has 0 atom stereocenters. The molecule has 0 aromatic rings. The van der Waals surface area contributed by atoms with Gasteiger partial charge in [0, 0.05) is 20.6 Å². The van der Waals surface area contributed by atoms with Crippen molar-refractivity contribution in [3.8, 4) is 0 Å². The van der Waals surface area contributed by atoms with Gasteiger partial charge in [0.2, 0.25) is 0 Å². The fraction of sp³-hybridized carbons (Fsp3) is 0.875. The van der Waals surface area contributed by atoms with Crippen molar-refractivity contribution in [3.63, 3.8) is 0 Å². The molecule has 0 aliphatic heterocycles. The van der Waals surface area contributed by atoms with Crippen LogP contribution in [-0.4, -0.2) is 57.1 Å². The minimum Gasteiger partial charge on any atom is -0.341 e. The molecular weight excluding hydrogens is 154 g/mol. The highest BCUT2D eigenvalue weighted by Gasteiger charge is 2.03. The van der Waals surface area contributed by atoms with Crippen LogP contribution in [0.1, 0.15) is 6.42 Å². The second-order valence-electron chi connectivity index (χ2n) is 3.13. The van der Waals surface area contributed by atoms with Crippen LogP contribution in [0.4, 0.5) is 4.79 Å². The summed E-state index contributed by atoms with van der Waals surface area (Å²) in [7, 11) is 7.50. The molecule has 0 spiro atoms. The maximum absolute atomic E-state index is 11.0. The van der Waals surface area contributed by atoms with Crippen molar-refractivity contribution in [2.75, 3.05) is 41.3 Å². The molecule has 0 aliphatic rings. The Labute approximate surface area is 74.5 Å². The highest BCUT2D eigenvalue weighted by atomic mass is 16.2. The number of carbonyl (C=O) groups excluding carboxylic acids is 1. The highest BCUT2D eigenvalue weighted by molar-refractivity contribution is 5.73. The summed E-state index contributed by atoms with van der Waals surface area (Å²) in [5, 5.41) is 2.58. The zero-order chi connectivity index (χ0) is 9.56. The Bertz CT molecular complexity index is 136. The molecule has 0 aliphatic carbocycles. The summed E-state index contributed by atoms with van der Waals surface area (Å²) in [6.45, 7) is 1.82. The Balaban J connectivity index is 3.43. The van der Waals surface area contributed by atoms with E-state index in [0.29, 0.717) is 0 Å². The van der Waals surface area contributed by atoms with Crippen LogP contribution in [0.5, 0.6) is 0 Å². The molecule has 72 valence electrons. The minimum absolute atomic E-state index is 0.0197. The van der Waals surface area contributed by atoms with Crippen LogP contribution < -0.4 is 5.32 Å². The number of nitrogens with zero attached hydrogens (tertiary/aromatic N) is 2. The zero-order valence-corrected chi connectivity index (χ0v) is 8.42. The number of nitrogens with one attached hydrogen (secondary N) is 1. The van der Waals surface area contributed by atoms with E-state index in [0.717, 1.165) is 19.5 Å². The molecule has 4 nitrogen and oxygen atoms in total. The van der Waals surface area contributed by atoms with E-state index in [1.54, 1.807) is 19.0 Å². The monoisotopic (exact) mass is 173 g/mol. The van der Waals surface area contributed by atoms with Crippen LogP contribution in [0.25, 0.3) is 0 Å². The summed E-state index contributed by atoms with van der Waals surface area (Å²) in [4.78, 5) is 14.8. The van der Waals surface area contributed by atoms with Crippen LogP contribution >= 0.6 is 0 Å². The van der Waals surface area contributed by atoms with Gasteiger partial charge in [0.25, 0.3) is 0 Å². The number of hydrogen-bond acceptors (Lipinski definition) is 2. The number of hydrogen-bond donors (Lipinski definition) is 1. The summed E-state index contributed by atoms with van der Waals surface area (Å²) < 4.78 is 0. The van der Waals surface area contributed by atoms with Gasteiger partial charge in [-0.05, 0) is 27.1 Å². The Morgan fingerprint density at radius 2 is 1.83 bits per heavy atom. The van der Waals surface area contributed by atoms with Gasteiger partial charge in [-0.25, -0.2) is 4.79 Å². The van der Waals surface area contributed by atoms with Crippen molar-refractivity contribution in [3.05, 3.63) is 0 Å². The molecule has 0 saturated carbocycles. The molecule has 0 aromatic heterocycles. The second-order valence-corrected chi connectivity index (χ2v) is 3.13. The molecule has 2 amide bonds. The molecule has 0 unspecified atom stereocenters. The standard InChI is InChI=1S/C8H19N3O/c1-9-8(12)11(4)7-5-6-10(2)3/h5-7H2,1-4H3,(H,9,12). The predicted molar refractivity (Wildman–Crippen MR) is 50.3 cm³/mol. The smallest absolute Gasteiger partial charge is 0.316 e. The maximum atomic E-state index is 11.0. The largest absolute Gasteiger partial charge is 0.341 e. The van der Waals surface area contributed by atoms with Crippen molar-refractivity contribution < 1.29 is 4.79 Å². The number of urea groups is 1. The average molecular weight is 173 g/mol. The van der Waals surface area contributed by atoms with Crippen molar-refractivity contribution in [2.24, 2.45) is 0 Å². The lowest BCUT2D eigenvalue weighted by molar-refractivity contribution is 0.208. The average Bonchev–Trinajstić information content (AvgIpc) is 2.02. The summed E-state index contributed by atoms with van der Waals surface area (Å²) in [5.41, 5.74) is 0. The topological polar surface area (TPSA) is 35.6 Å². The Morgan fingerprint density at radius 1 is 1.25 bits per heavy atom. The summed E-state index contributed by atoms with van der Waals surface area (Å²) >= 11 is 0. The number of rotatable bonds is 4. The summed E-state index contributed by atoms with van der Waals surface area (Å²) in [5.74, 6) is 0. The van der Waals surface area contributed by atoms with Crippen molar-refractivity contribution in [1.29, 1.82) is 0 Å². The van der Waals surface area contributed by atoms with E-state index in [-0.39, 0.29) is 6.03 Å². The molecule has 1 N–H and O–H groups in total. The van der Waals surface area contributed by atoms with Gasteiger partial charge in [0.15, 0.2) is 0 Å². The normalized spacial score (nSPS) is 10.1. The van der Waals surface area contributed by atoms with Gasteiger partial charge in [-0.2, -0.15) is 0 Å². The van der Waals surface area contributed by atoms with E-state index in [1.165, 1.54) is 0 Å². The minimum atomic E-state index is -0.0197. The molecule has 0 rings (SSSR count). The third-order valence-corrected chi connectivity index (χ3v) is 1.66. The lowest BCUT2D eigenvalue weighted by Crippen LogP contribution is -2.36. The molecule has 0 fully saturated rings. The van der Waals surface area contributed by atoms with Crippen molar-refractivity contribution >= 4 is 6.03 Å². The maximum Gasteiger partial charge on any atom is 0.316 e. The van der Waals surface area contributed by atoms with Gasteiger partial charge >= 0.3 is 6.03 Å². The first-order valence-electron chi connectivity index (χ1n) is 4.15. The Kier molecular flexibility index (Phi) is 5.45. The fourth-order valence-electron chi connectivity index (χ4n) is 0.917. The SMILES string of the molecule is CNC(=O)N(C)CCCN(C)C. The van der Waals surface area contributed by atoms with Crippen LogP contribution in [0.2, 0.25) is 0 Å². The number of amides is 2.